The SMILES string of the molecule is COC(=O)C1=C[C@]2(C)O[C@H]2[C@@H]2CN3CCC4(C(=O)Nc5ccccc54)C3CC12. The lowest BCUT2D eigenvalue weighted by atomic mass is 9.64. The van der Waals surface area contributed by atoms with Crippen LogP contribution in [0, 0.1) is 11.8 Å². The molecule has 3 saturated heterocycles. The summed E-state index contributed by atoms with van der Waals surface area (Å²) in [5.74, 6) is 0.188. The van der Waals surface area contributed by atoms with Gasteiger partial charge in [-0.3, -0.25) is 9.69 Å². The van der Waals surface area contributed by atoms with Gasteiger partial charge in [0.15, 0.2) is 0 Å². The van der Waals surface area contributed by atoms with E-state index in [1.165, 1.54) is 7.11 Å². The van der Waals surface area contributed by atoms with Crippen LogP contribution in [0.3, 0.4) is 0 Å². The number of anilines is 1. The maximum absolute atomic E-state index is 13.2. The summed E-state index contributed by atoms with van der Waals surface area (Å²) in [4.78, 5) is 28.2. The number of fused-ring (bicyclic) bond motifs is 7. The Hall–Kier alpha value is -2.18. The number of benzene rings is 1. The minimum Gasteiger partial charge on any atom is -0.466 e. The lowest BCUT2D eigenvalue weighted by Gasteiger charge is -2.46. The van der Waals surface area contributed by atoms with Crippen molar-refractivity contribution < 1.29 is 19.1 Å². The Morgan fingerprint density at radius 1 is 1.36 bits per heavy atom. The zero-order valence-electron chi connectivity index (χ0n) is 16.1. The van der Waals surface area contributed by atoms with E-state index in [-0.39, 0.29) is 41.5 Å². The number of hydrogen-bond acceptors (Lipinski definition) is 5. The van der Waals surface area contributed by atoms with E-state index in [1.807, 2.05) is 24.3 Å². The second-order valence-electron chi connectivity index (χ2n) is 9.05. The van der Waals surface area contributed by atoms with E-state index in [0.717, 1.165) is 42.8 Å². The summed E-state index contributed by atoms with van der Waals surface area (Å²) in [6.45, 7) is 3.81. The molecule has 4 aliphatic heterocycles. The average Bonchev–Trinajstić information content (AvgIpc) is 3.12. The molecule has 6 nitrogen and oxygen atoms in total. The van der Waals surface area contributed by atoms with Crippen molar-refractivity contribution in [2.75, 3.05) is 25.5 Å². The summed E-state index contributed by atoms with van der Waals surface area (Å²) >= 11 is 0. The van der Waals surface area contributed by atoms with Crippen molar-refractivity contribution >= 4 is 17.6 Å². The van der Waals surface area contributed by atoms with Crippen molar-refractivity contribution in [3.63, 3.8) is 0 Å². The van der Waals surface area contributed by atoms with Crippen LogP contribution >= 0.6 is 0 Å². The van der Waals surface area contributed by atoms with Crippen molar-refractivity contribution in [1.29, 1.82) is 0 Å². The Morgan fingerprint density at radius 3 is 3.00 bits per heavy atom. The number of nitrogens with one attached hydrogen (secondary N) is 1. The number of esters is 1. The number of para-hydroxylation sites is 1. The topological polar surface area (TPSA) is 71.2 Å². The van der Waals surface area contributed by atoms with Gasteiger partial charge in [-0.05, 0) is 49.9 Å². The number of nitrogens with zero attached hydrogens (tertiary/aromatic N) is 1. The predicted molar refractivity (Wildman–Crippen MR) is 102 cm³/mol. The molecule has 1 aromatic carbocycles. The minimum absolute atomic E-state index is 0.0739. The summed E-state index contributed by atoms with van der Waals surface area (Å²) in [5, 5.41) is 3.11. The molecular weight excluding hydrogens is 356 g/mol. The smallest absolute Gasteiger partial charge is 0.333 e. The van der Waals surface area contributed by atoms with Gasteiger partial charge in [-0.25, -0.2) is 4.79 Å². The number of amides is 1. The van der Waals surface area contributed by atoms with Gasteiger partial charge < -0.3 is 14.8 Å². The third kappa shape index (κ3) is 1.90. The summed E-state index contributed by atoms with van der Waals surface area (Å²) in [6.07, 6.45) is 3.74. The molecule has 0 aromatic heterocycles. The second-order valence-corrected chi connectivity index (χ2v) is 9.05. The van der Waals surface area contributed by atoms with Gasteiger partial charge in [0.05, 0.1) is 18.6 Å². The first-order chi connectivity index (χ1) is 13.5. The highest BCUT2D eigenvalue weighted by Crippen LogP contribution is 2.58. The molecule has 1 aliphatic carbocycles. The van der Waals surface area contributed by atoms with E-state index in [4.69, 9.17) is 9.47 Å². The molecule has 1 N–H and O–H groups in total. The molecule has 6 rings (SSSR count). The number of piperidine rings is 1. The van der Waals surface area contributed by atoms with Crippen LogP contribution in [0.25, 0.3) is 0 Å². The fraction of sp³-hybridized carbons (Fsp3) is 0.545. The molecule has 1 aromatic rings. The molecule has 0 radical (unpaired) electrons. The molecule has 1 amide bonds. The van der Waals surface area contributed by atoms with Gasteiger partial charge >= 0.3 is 5.97 Å². The normalized spacial score (nSPS) is 42.8. The van der Waals surface area contributed by atoms with Gasteiger partial charge in [-0.2, -0.15) is 0 Å². The van der Waals surface area contributed by atoms with Gasteiger partial charge in [0.25, 0.3) is 0 Å². The number of ether oxygens (including phenoxy) is 2. The number of epoxide rings is 1. The van der Waals surface area contributed by atoms with Crippen LogP contribution in [0.15, 0.2) is 35.9 Å². The highest BCUT2D eigenvalue weighted by Gasteiger charge is 2.66. The predicted octanol–water partition coefficient (Wildman–Crippen LogP) is 1.86. The van der Waals surface area contributed by atoms with E-state index in [9.17, 15) is 9.59 Å². The highest BCUT2D eigenvalue weighted by molar-refractivity contribution is 6.07. The van der Waals surface area contributed by atoms with Crippen LogP contribution in [0.2, 0.25) is 0 Å². The summed E-state index contributed by atoms with van der Waals surface area (Å²) in [6, 6.07) is 8.14. The van der Waals surface area contributed by atoms with Gasteiger partial charge in [0.1, 0.15) is 5.60 Å². The summed E-state index contributed by atoms with van der Waals surface area (Å²) < 4.78 is 11.1. The Morgan fingerprint density at radius 2 is 2.18 bits per heavy atom. The zero-order valence-corrected chi connectivity index (χ0v) is 16.1. The lowest BCUT2D eigenvalue weighted by molar-refractivity contribution is -0.137. The van der Waals surface area contributed by atoms with Crippen LogP contribution in [0.4, 0.5) is 5.69 Å². The zero-order chi connectivity index (χ0) is 19.3. The maximum atomic E-state index is 13.2. The van der Waals surface area contributed by atoms with Gasteiger partial charge in [0.2, 0.25) is 5.91 Å². The molecule has 5 aliphatic rings. The first kappa shape index (κ1) is 16.7. The highest BCUT2D eigenvalue weighted by atomic mass is 16.6. The molecule has 6 heteroatoms. The average molecular weight is 380 g/mol. The van der Waals surface area contributed by atoms with Gasteiger partial charge in [-0.1, -0.05) is 18.2 Å². The van der Waals surface area contributed by atoms with Crippen molar-refractivity contribution in [1.82, 2.24) is 4.90 Å². The van der Waals surface area contributed by atoms with E-state index in [0.29, 0.717) is 0 Å². The molecule has 146 valence electrons. The quantitative estimate of drug-likeness (QED) is 0.595. The molecule has 4 heterocycles. The Labute approximate surface area is 163 Å². The second kappa shape index (κ2) is 5.24. The maximum Gasteiger partial charge on any atom is 0.333 e. The van der Waals surface area contributed by atoms with E-state index in [1.54, 1.807) is 0 Å². The minimum atomic E-state index is -0.520. The molecule has 1 spiro atoms. The van der Waals surface area contributed by atoms with Gasteiger partial charge in [-0.15, -0.1) is 0 Å². The number of rotatable bonds is 1. The third-order valence-corrected chi connectivity index (χ3v) is 7.84. The summed E-state index contributed by atoms with van der Waals surface area (Å²) in [5.41, 5.74) is 1.91. The lowest BCUT2D eigenvalue weighted by Crippen LogP contribution is -2.55. The molecule has 3 unspecified atom stereocenters. The third-order valence-electron chi connectivity index (χ3n) is 7.84. The molecule has 28 heavy (non-hydrogen) atoms. The molecule has 0 saturated carbocycles. The molecule has 3 fully saturated rings. The van der Waals surface area contributed by atoms with E-state index < -0.39 is 5.41 Å². The van der Waals surface area contributed by atoms with E-state index >= 15 is 0 Å². The largest absolute Gasteiger partial charge is 0.466 e. The van der Waals surface area contributed by atoms with Crippen LogP contribution in [-0.2, 0) is 24.5 Å². The first-order valence-corrected chi connectivity index (χ1v) is 10.1. The van der Waals surface area contributed by atoms with Crippen molar-refractivity contribution in [3.05, 3.63) is 41.5 Å². The standard InChI is InChI=1S/C22H24N2O4/c1-21-10-13(19(25)27-2)12-9-17-22(7-8-24(17)11-14(12)18(21)28-21)15-5-3-4-6-16(15)23-20(22)26/h3-6,10,12,14,17-18H,7-9,11H2,1-2H3,(H,23,26)/t12?,14-,17?,18+,21+,22?/m1/s1. The Bertz CT molecular complexity index is 942. The van der Waals surface area contributed by atoms with E-state index in [2.05, 4.69) is 23.2 Å². The number of carbonyl (C=O) groups excluding carboxylic acids is 2. The fourth-order valence-corrected chi connectivity index (χ4v) is 6.53. The van der Waals surface area contributed by atoms with Gasteiger partial charge in [0, 0.05) is 29.8 Å². The van der Waals surface area contributed by atoms with Crippen molar-refractivity contribution in [3.8, 4) is 0 Å². The van der Waals surface area contributed by atoms with Crippen LogP contribution < -0.4 is 5.32 Å². The number of carbonyl (C=O) groups is 2. The molecule has 6 atom stereocenters. The van der Waals surface area contributed by atoms with Crippen LogP contribution in [0.1, 0.15) is 25.3 Å². The number of methoxy groups -OCH3 is 1. The molecule has 0 bridgehead atoms. The summed E-state index contributed by atoms with van der Waals surface area (Å²) in [7, 11) is 1.44. The Balaban J connectivity index is 1.42. The van der Waals surface area contributed by atoms with Crippen LogP contribution in [-0.4, -0.2) is 54.7 Å². The van der Waals surface area contributed by atoms with Crippen molar-refractivity contribution in [2.24, 2.45) is 11.8 Å². The monoisotopic (exact) mass is 380 g/mol. The fourth-order valence-electron chi connectivity index (χ4n) is 6.53. The van der Waals surface area contributed by atoms with Crippen LogP contribution in [0.5, 0.6) is 0 Å². The van der Waals surface area contributed by atoms with Crippen molar-refractivity contribution in [2.45, 2.75) is 42.9 Å². The Kier molecular flexibility index (Phi) is 3.14. The first-order valence-electron chi connectivity index (χ1n) is 10.1. The number of hydrogen-bond donors (Lipinski definition) is 1. The molecular formula is C22H24N2O4.